The average molecular weight is 501 g/mol. The van der Waals surface area contributed by atoms with Crippen LogP contribution < -0.4 is 4.74 Å². The van der Waals surface area contributed by atoms with E-state index in [9.17, 15) is 5.11 Å². The molecule has 1 aromatic carbocycles. The molecule has 12 heteroatoms. The molecule has 3 aliphatic rings. The van der Waals surface area contributed by atoms with Crippen LogP contribution in [0.1, 0.15) is 31.4 Å². The van der Waals surface area contributed by atoms with Crippen LogP contribution >= 0.6 is 0 Å². The van der Waals surface area contributed by atoms with E-state index in [1.54, 1.807) is 13.3 Å². The molecule has 0 spiro atoms. The molecule has 34 heavy (non-hydrogen) atoms. The van der Waals surface area contributed by atoms with Crippen molar-refractivity contribution in [1.29, 1.82) is 0 Å². The van der Waals surface area contributed by atoms with Gasteiger partial charge in [0, 0.05) is 31.1 Å². The quantitative estimate of drug-likeness (QED) is 0.356. The fourth-order valence-electron chi connectivity index (χ4n) is 4.44. The van der Waals surface area contributed by atoms with Crippen molar-refractivity contribution in [2.24, 2.45) is 11.8 Å². The van der Waals surface area contributed by atoms with Crippen molar-refractivity contribution in [2.45, 2.75) is 31.9 Å². The number of aromatic nitrogens is 1. The maximum atomic E-state index is 11.2. The van der Waals surface area contributed by atoms with Gasteiger partial charge in [-0.1, -0.05) is 6.08 Å². The number of benzene rings is 1. The number of aliphatic hydroxyl groups is 1. The van der Waals surface area contributed by atoms with Gasteiger partial charge >= 0.3 is 10.4 Å². The lowest BCUT2D eigenvalue weighted by molar-refractivity contribution is -0.134. The topological polar surface area (TPSA) is 189 Å². The maximum Gasteiger partial charge on any atom is 0.394 e. The first kappa shape index (κ1) is 29.4. The van der Waals surface area contributed by atoms with Crippen molar-refractivity contribution < 1.29 is 42.7 Å². The van der Waals surface area contributed by atoms with Gasteiger partial charge in [-0.25, -0.2) is 0 Å². The Bertz CT molecular complexity index is 1070. The predicted octanol–water partition coefficient (Wildman–Crippen LogP) is 1.79. The number of fused-ring (bicyclic) bond motifs is 4. The number of carbonyl (C=O) groups is 1. The van der Waals surface area contributed by atoms with E-state index in [-0.39, 0.29) is 11.5 Å². The highest BCUT2D eigenvalue weighted by atomic mass is 32.3. The summed E-state index contributed by atoms with van der Waals surface area (Å²) < 4.78 is 36.9. The molecule has 1 aromatic heterocycles. The molecule has 0 saturated carbocycles. The van der Waals surface area contributed by atoms with Crippen LogP contribution in [-0.4, -0.2) is 75.3 Å². The summed E-state index contributed by atoms with van der Waals surface area (Å²) in [5.74, 6) is 1.17. The monoisotopic (exact) mass is 500 g/mol. The summed E-state index contributed by atoms with van der Waals surface area (Å²) in [7, 11) is -3.01. The Labute approximate surface area is 198 Å². The van der Waals surface area contributed by atoms with Crippen molar-refractivity contribution >= 4 is 27.3 Å². The summed E-state index contributed by atoms with van der Waals surface area (Å²) in [4.78, 5) is 15.9. The maximum absolute atomic E-state index is 11.2. The Hall–Kier alpha value is -2.61. The molecule has 0 amide bonds. The van der Waals surface area contributed by atoms with E-state index in [4.69, 9.17) is 32.2 Å². The van der Waals surface area contributed by atoms with Crippen LogP contribution in [0.3, 0.4) is 0 Å². The summed E-state index contributed by atoms with van der Waals surface area (Å²) in [6, 6.07) is 7.96. The molecule has 190 valence electrons. The number of nitrogens with zero attached hydrogens (tertiary/aromatic N) is 2. The second kappa shape index (κ2) is 12.7. The van der Waals surface area contributed by atoms with Crippen LogP contribution in [0.15, 0.2) is 43.1 Å². The van der Waals surface area contributed by atoms with E-state index in [2.05, 4.69) is 22.5 Å². The van der Waals surface area contributed by atoms with Crippen LogP contribution in [0.5, 0.6) is 5.75 Å². The molecule has 3 saturated heterocycles. The SMILES string of the molecule is C=C[C@H]1CN2CC[C@H]1C[C@H]2[C@H](O)c1ccnc2ccc(OC)cc12.CC(=O)O.O.O=S(=O)(O)O. The Balaban J connectivity index is 0.000000499. The fourth-order valence-corrected chi connectivity index (χ4v) is 4.44. The number of carboxylic acids is 1. The number of hydrogen-bond acceptors (Lipinski definition) is 7. The second-order valence-electron chi connectivity index (χ2n) is 7.94. The minimum atomic E-state index is -4.67. The third kappa shape index (κ3) is 8.31. The summed E-state index contributed by atoms with van der Waals surface area (Å²) in [6.45, 7) is 7.15. The van der Waals surface area contributed by atoms with Gasteiger partial charge in [0.2, 0.25) is 0 Å². The third-order valence-electron chi connectivity index (χ3n) is 5.82. The molecule has 2 aromatic rings. The summed E-state index contributed by atoms with van der Waals surface area (Å²) in [5, 5.41) is 19.5. The van der Waals surface area contributed by atoms with Gasteiger partial charge in [-0.15, -0.1) is 6.58 Å². The number of pyridine rings is 1. The zero-order valence-electron chi connectivity index (χ0n) is 19.0. The predicted molar refractivity (Wildman–Crippen MR) is 126 cm³/mol. The minimum Gasteiger partial charge on any atom is -0.497 e. The third-order valence-corrected chi connectivity index (χ3v) is 5.82. The number of carboxylic acid groups (broad SMARTS) is 1. The average Bonchev–Trinajstić information content (AvgIpc) is 2.76. The molecule has 6 N–H and O–H groups in total. The van der Waals surface area contributed by atoms with E-state index in [0.717, 1.165) is 48.6 Å². The van der Waals surface area contributed by atoms with Gasteiger partial charge in [0.1, 0.15) is 5.75 Å². The van der Waals surface area contributed by atoms with Crippen molar-refractivity contribution in [3.63, 3.8) is 0 Å². The number of ether oxygens (including phenoxy) is 1. The van der Waals surface area contributed by atoms with E-state index in [1.165, 1.54) is 6.42 Å². The number of piperidine rings is 3. The highest BCUT2D eigenvalue weighted by Gasteiger charge is 2.42. The molecule has 0 radical (unpaired) electrons. The molecule has 2 bridgehead atoms. The Kier molecular flexibility index (Phi) is 11.0. The lowest BCUT2D eigenvalue weighted by Gasteiger charge is -2.50. The Morgan fingerprint density at radius 1 is 1.32 bits per heavy atom. The zero-order valence-corrected chi connectivity index (χ0v) is 19.9. The molecular formula is C22H32N2O9S. The van der Waals surface area contributed by atoms with Gasteiger partial charge in [-0.3, -0.25) is 23.8 Å². The number of aliphatic hydroxyl groups excluding tert-OH is 1. The van der Waals surface area contributed by atoms with E-state index >= 15 is 0 Å². The first-order chi connectivity index (χ1) is 15.4. The Morgan fingerprint density at radius 3 is 2.44 bits per heavy atom. The van der Waals surface area contributed by atoms with Gasteiger partial charge < -0.3 is 20.4 Å². The summed E-state index contributed by atoms with van der Waals surface area (Å²) >= 11 is 0. The molecular weight excluding hydrogens is 468 g/mol. The van der Waals surface area contributed by atoms with Crippen LogP contribution in [0, 0.1) is 11.8 Å². The fraction of sp³-hybridized carbons (Fsp3) is 0.455. The zero-order chi connectivity index (χ0) is 24.8. The number of rotatable bonds is 4. The lowest BCUT2D eigenvalue weighted by atomic mass is 9.73. The molecule has 3 fully saturated rings. The van der Waals surface area contributed by atoms with Gasteiger partial charge in [0.25, 0.3) is 5.97 Å². The smallest absolute Gasteiger partial charge is 0.394 e. The molecule has 0 aliphatic carbocycles. The minimum absolute atomic E-state index is 0. The van der Waals surface area contributed by atoms with Crippen molar-refractivity contribution in [3.8, 4) is 5.75 Å². The molecule has 3 aliphatic heterocycles. The standard InChI is InChI=1S/C20H24N2O2.C2H4O2.H2O4S.H2O/c1-3-13-12-22-9-7-14(13)10-19(22)20(23)16-6-8-21-18-5-4-15(24-2)11-17(16)18;1-2(3)4;1-5(2,3)4;/h3-6,8,11,13-14,19-20,23H,1,7,9-10,12H2,2H3;1H3,(H,3,4);(H2,1,2,3,4);1H2/t13-,14-,19-,20+;;;/m0.../s1. The largest absolute Gasteiger partial charge is 0.497 e. The van der Waals surface area contributed by atoms with Crippen LogP contribution in [0.25, 0.3) is 10.9 Å². The van der Waals surface area contributed by atoms with Gasteiger partial charge in [0.05, 0.1) is 18.7 Å². The summed E-state index contributed by atoms with van der Waals surface area (Å²) in [5.41, 5.74) is 1.85. The molecule has 5 rings (SSSR count). The van der Waals surface area contributed by atoms with Crippen LogP contribution in [0.4, 0.5) is 0 Å². The first-order valence-corrected chi connectivity index (χ1v) is 11.7. The van der Waals surface area contributed by atoms with Gasteiger partial charge in [-0.05, 0) is 61.1 Å². The number of hydrogen-bond donors (Lipinski definition) is 4. The second-order valence-corrected chi connectivity index (χ2v) is 8.84. The molecule has 4 heterocycles. The van der Waals surface area contributed by atoms with Crippen molar-refractivity contribution in [3.05, 3.63) is 48.7 Å². The van der Waals surface area contributed by atoms with Gasteiger partial charge in [-0.2, -0.15) is 8.42 Å². The number of methoxy groups -OCH3 is 1. The van der Waals surface area contributed by atoms with Gasteiger partial charge in [0.15, 0.2) is 0 Å². The van der Waals surface area contributed by atoms with Crippen LogP contribution in [-0.2, 0) is 15.2 Å². The lowest BCUT2D eigenvalue weighted by Crippen LogP contribution is -2.54. The molecule has 11 nitrogen and oxygen atoms in total. The summed E-state index contributed by atoms with van der Waals surface area (Å²) in [6.07, 6.45) is 5.62. The van der Waals surface area contributed by atoms with E-state index in [0.29, 0.717) is 11.8 Å². The molecule has 5 atom stereocenters. The van der Waals surface area contributed by atoms with Crippen molar-refractivity contribution in [1.82, 2.24) is 9.88 Å². The Morgan fingerprint density at radius 2 is 1.94 bits per heavy atom. The highest BCUT2D eigenvalue weighted by Crippen LogP contribution is 2.42. The normalized spacial score (nSPS) is 23.8. The first-order valence-electron chi connectivity index (χ1n) is 10.3. The van der Waals surface area contributed by atoms with E-state index < -0.39 is 22.5 Å². The van der Waals surface area contributed by atoms with E-state index in [1.807, 2.05) is 24.3 Å². The van der Waals surface area contributed by atoms with Crippen LogP contribution in [0.2, 0.25) is 0 Å². The number of aliphatic carboxylic acids is 1. The highest BCUT2D eigenvalue weighted by molar-refractivity contribution is 7.79. The molecule has 1 unspecified atom stereocenters. The van der Waals surface area contributed by atoms with Crippen molar-refractivity contribution in [2.75, 3.05) is 20.2 Å².